The lowest BCUT2D eigenvalue weighted by molar-refractivity contribution is 0.576. The molecular formula is C7H4BrClF2. The van der Waals surface area contributed by atoms with Crippen molar-refractivity contribution < 1.29 is 8.78 Å². The van der Waals surface area contributed by atoms with Crippen LogP contribution in [0.1, 0.15) is 5.56 Å². The summed E-state index contributed by atoms with van der Waals surface area (Å²) in [7, 11) is 0. The van der Waals surface area contributed by atoms with Crippen molar-refractivity contribution in [3.63, 3.8) is 0 Å². The van der Waals surface area contributed by atoms with Crippen LogP contribution in [0.3, 0.4) is 0 Å². The molecule has 0 saturated carbocycles. The third-order valence-corrected chi connectivity index (χ3v) is 2.39. The van der Waals surface area contributed by atoms with Gasteiger partial charge in [0.2, 0.25) is 0 Å². The second-order valence-electron chi connectivity index (χ2n) is 1.99. The molecule has 1 aromatic rings. The molecule has 0 unspecified atom stereocenters. The average Bonchev–Trinajstić information content (AvgIpc) is 1.96. The highest BCUT2D eigenvalue weighted by Gasteiger charge is 2.06. The zero-order chi connectivity index (χ0) is 8.43. The fourth-order valence-corrected chi connectivity index (χ4v) is 1.45. The van der Waals surface area contributed by atoms with Gasteiger partial charge in [-0.15, -0.1) is 11.6 Å². The molecule has 4 heteroatoms. The molecule has 0 aromatic heterocycles. The van der Waals surface area contributed by atoms with E-state index in [2.05, 4.69) is 15.9 Å². The number of benzene rings is 1. The topological polar surface area (TPSA) is 0 Å². The van der Waals surface area contributed by atoms with Gasteiger partial charge in [0.05, 0.1) is 4.47 Å². The number of halogens is 4. The Morgan fingerprint density at radius 3 is 2.55 bits per heavy atom. The van der Waals surface area contributed by atoms with Crippen LogP contribution in [-0.4, -0.2) is 0 Å². The summed E-state index contributed by atoms with van der Waals surface area (Å²) in [6.45, 7) is 0. The van der Waals surface area contributed by atoms with Crippen LogP contribution >= 0.6 is 27.5 Å². The van der Waals surface area contributed by atoms with Crippen LogP contribution in [0.4, 0.5) is 8.78 Å². The smallest absolute Gasteiger partial charge is 0.140 e. The SMILES string of the molecule is Fc1cc(F)c(Br)c(CCl)c1. The van der Waals surface area contributed by atoms with E-state index in [0.29, 0.717) is 5.56 Å². The molecule has 11 heavy (non-hydrogen) atoms. The van der Waals surface area contributed by atoms with E-state index in [1.807, 2.05) is 0 Å². The first kappa shape index (κ1) is 8.94. The van der Waals surface area contributed by atoms with Gasteiger partial charge in [0.1, 0.15) is 11.6 Å². The van der Waals surface area contributed by atoms with Crippen molar-refractivity contribution in [3.8, 4) is 0 Å². The second-order valence-corrected chi connectivity index (χ2v) is 3.05. The van der Waals surface area contributed by atoms with Crippen molar-refractivity contribution in [1.29, 1.82) is 0 Å². The van der Waals surface area contributed by atoms with Crippen LogP contribution in [0, 0.1) is 11.6 Å². The third kappa shape index (κ3) is 1.91. The maximum atomic E-state index is 12.7. The molecule has 0 spiro atoms. The molecule has 60 valence electrons. The third-order valence-electron chi connectivity index (χ3n) is 1.21. The predicted molar refractivity (Wildman–Crippen MR) is 43.6 cm³/mol. The van der Waals surface area contributed by atoms with Crippen LogP contribution in [0.2, 0.25) is 0 Å². The van der Waals surface area contributed by atoms with Crippen LogP contribution < -0.4 is 0 Å². The van der Waals surface area contributed by atoms with Crippen molar-refractivity contribution in [1.82, 2.24) is 0 Å². The first-order valence-corrected chi connectivity index (χ1v) is 4.17. The van der Waals surface area contributed by atoms with E-state index in [0.717, 1.165) is 6.07 Å². The summed E-state index contributed by atoms with van der Waals surface area (Å²) < 4.78 is 25.4. The lowest BCUT2D eigenvalue weighted by Gasteiger charge is -2.00. The minimum atomic E-state index is -0.624. The van der Waals surface area contributed by atoms with Gasteiger partial charge >= 0.3 is 0 Å². The summed E-state index contributed by atoms with van der Waals surface area (Å²) in [6.07, 6.45) is 0. The van der Waals surface area contributed by atoms with Crippen LogP contribution in [-0.2, 0) is 5.88 Å². The van der Waals surface area contributed by atoms with E-state index in [1.54, 1.807) is 0 Å². The first-order valence-electron chi connectivity index (χ1n) is 2.84. The molecule has 0 heterocycles. The quantitative estimate of drug-likeness (QED) is 0.522. The molecule has 0 aliphatic heterocycles. The number of rotatable bonds is 1. The fourth-order valence-electron chi connectivity index (χ4n) is 0.707. The Morgan fingerprint density at radius 2 is 2.00 bits per heavy atom. The minimum Gasteiger partial charge on any atom is -0.207 e. The van der Waals surface area contributed by atoms with Gasteiger partial charge in [-0.2, -0.15) is 0 Å². The monoisotopic (exact) mass is 240 g/mol. The Bertz CT molecular complexity index is 275. The lowest BCUT2D eigenvalue weighted by Crippen LogP contribution is -1.88. The summed E-state index contributed by atoms with van der Waals surface area (Å²) in [5.41, 5.74) is 0.421. The lowest BCUT2D eigenvalue weighted by atomic mass is 10.2. The van der Waals surface area contributed by atoms with Crippen LogP contribution in [0.5, 0.6) is 0 Å². The summed E-state index contributed by atoms with van der Waals surface area (Å²) >= 11 is 8.36. The highest BCUT2D eigenvalue weighted by molar-refractivity contribution is 9.10. The molecule has 0 fully saturated rings. The summed E-state index contributed by atoms with van der Waals surface area (Å²) in [4.78, 5) is 0. The molecule has 0 aliphatic carbocycles. The summed E-state index contributed by atoms with van der Waals surface area (Å²) in [6, 6.07) is 2.00. The molecule has 0 nitrogen and oxygen atoms in total. The molecule has 0 atom stereocenters. The van der Waals surface area contributed by atoms with Gasteiger partial charge in [-0.25, -0.2) is 8.78 Å². The van der Waals surface area contributed by atoms with Gasteiger partial charge in [0.15, 0.2) is 0 Å². The predicted octanol–water partition coefficient (Wildman–Crippen LogP) is 3.47. The molecule has 0 N–H and O–H groups in total. The largest absolute Gasteiger partial charge is 0.207 e. The van der Waals surface area contributed by atoms with E-state index >= 15 is 0 Å². The van der Waals surface area contributed by atoms with Gasteiger partial charge in [-0.3, -0.25) is 0 Å². The van der Waals surface area contributed by atoms with Crippen molar-refractivity contribution in [2.45, 2.75) is 5.88 Å². The molecule has 1 aromatic carbocycles. The van der Waals surface area contributed by atoms with Gasteiger partial charge in [0.25, 0.3) is 0 Å². The standard InChI is InChI=1S/C7H4BrClF2/c8-7-4(3-9)1-5(10)2-6(7)11/h1-2H,3H2. The average molecular weight is 241 g/mol. The van der Waals surface area contributed by atoms with E-state index in [1.165, 1.54) is 6.07 Å². The minimum absolute atomic E-state index is 0.0925. The van der Waals surface area contributed by atoms with Gasteiger partial charge in [-0.05, 0) is 27.6 Å². The van der Waals surface area contributed by atoms with Crippen LogP contribution in [0.25, 0.3) is 0 Å². The van der Waals surface area contributed by atoms with Gasteiger partial charge in [0, 0.05) is 11.9 Å². The Hall–Kier alpha value is -0.150. The first-order chi connectivity index (χ1) is 5.15. The Morgan fingerprint density at radius 1 is 1.36 bits per heavy atom. The van der Waals surface area contributed by atoms with Crippen molar-refractivity contribution in [3.05, 3.63) is 33.8 Å². The van der Waals surface area contributed by atoms with Crippen molar-refractivity contribution in [2.75, 3.05) is 0 Å². The molecular weight excluding hydrogens is 237 g/mol. The molecule has 0 radical (unpaired) electrons. The summed E-state index contributed by atoms with van der Waals surface area (Å²) in [5, 5.41) is 0. The zero-order valence-electron chi connectivity index (χ0n) is 5.37. The second kappa shape index (κ2) is 3.50. The van der Waals surface area contributed by atoms with Crippen molar-refractivity contribution >= 4 is 27.5 Å². The Balaban J connectivity index is 3.24. The van der Waals surface area contributed by atoms with Crippen LogP contribution in [0.15, 0.2) is 16.6 Å². The van der Waals surface area contributed by atoms with Crippen molar-refractivity contribution in [2.24, 2.45) is 0 Å². The van der Waals surface area contributed by atoms with Gasteiger partial charge < -0.3 is 0 Å². The zero-order valence-corrected chi connectivity index (χ0v) is 7.72. The molecule has 0 amide bonds. The number of alkyl halides is 1. The maximum absolute atomic E-state index is 12.7. The highest BCUT2D eigenvalue weighted by Crippen LogP contribution is 2.23. The molecule has 0 aliphatic rings. The molecule has 1 rings (SSSR count). The van der Waals surface area contributed by atoms with E-state index in [4.69, 9.17) is 11.6 Å². The number of hydrogen-bond donors (Lipinski definition) is 0. The Labute approximate surface area is 76.3 Å². The summed E-state index contributed by atoms with van der Waals surface area (Å²) in [5.74, 6) is -1.14. The Kier molecular flexibility index (Phi) is 2.84. The fraction of sp³-hybridized carbons (Fsp3) is 0.143. The molecule has 0 saturated heterocycles. The van der Waals surface area contributed by atoms with E-state index < -0.39 is 11.6 Å². The highest BCUT2D eigenvalue weighted by atomic mass is 79.9. The number of hydrogen-bond acceptors (Lipinski definition) is 0. The molecule has 0 bridgehead atoms. The van der Waals surface area contributed by atoms with E-state index in [9.17, 15) is 8.78 Å². The van der Waals surface area contributed by atoms with E-state index in [-0.39, 0.29) is 10.4 Å². The van der Waals surface area contributed by atoms with Gasteiger partial charge in [-0.1, -0.05) is 0 Å². The maximum Gasteiger partial charge on any atom is 0.140 e. The normalized spacial score (nSPS) is 10.2.